The number of likely N-dealkylation sites (tertiary alicyclic amines) is 1. The minimum atomic E-state index is 0.763. The maximum Gasteiger partial charge on any atom is 0.0198 e. The van der Waals surface area contributed by atoms with Crippen LogP contribution in [0.15, 0.2) is 0 Å². The molecule has 1 aliphatic heterocycles. The Hall–Kier alpha value is -0.0800. The summed E-state index contributed by atoms with van der Waals surface area (Å²) in [5, 5.41) is 3.81. The standard InChI is InChI=1S/C14H28N2/c1-3-12-8-14(11-16(4-2)10-12)15-9-13-6-5-7-13/h12-15H,3-11H2,1-2H3. The van der Waals surface area contributed by atoms with Crippen molar-refractivity contribution in [3.8, 4) is 0 Å². The summed E-state index contributed by atoms with van der Waals surface area (Å²) in [5.74, 6) is 1.92. The van der Waals surface area contributed by atoms with E-state index in [0.29, 0.717) is 0 Å². The Morgan fingerprint density at radius 2 is 1.94 bits per heavy atom. The third kappa shape index (κ3) is 3.21. The molecule has 2 fully saturated rings. The first-order valence-corrected chi connectivity index (χ1v) is 7.27. The first-order valence-electron chi connectivity index (χ1n) is 7.27. The molecule has 2 unspecified atom stereocenters. The summed E-state index contributed by atoms with van der Waals surface area (Å²) >= 11 is 0. The number of piperidine rings is 1. The van der Waals surface area contributed by atoms with Crippen molar-refractivity contribution in [2.45, 2.75) is 52.0 Å². The van der Waals surface area contributed by atoms with Gasteiger partial charge in [0.15, 0.2) is 0 Å². The summed E-state index contributed by atoms with van der Waals surface area (Å²) in [6.07, 6.45) is 7.15. The van der Waals surface area contributed by atoms with Crippen LogP contribution in [0.5, 0.6) is 0 Å². The minimum absolute atomic E-state index is 0.763. The van der Waals surface area contributed by atoms with Gasteiger partial charge in [0.25, 0.3) is 0 Å². The van der Waals surface area contributed by atoms with Crippen LogP contribution in [0.2, 0.25) is 0 Å². The summed E-state index contributed by atoms with van der Waals surface area (Å²) in [5.41, 5.74) is 0. The molecule has 1 N–H and O–H groups in total. The Labute approximate surface area is 101 Å². The predicted octanol–water partition coefficient (Wildman–Crippen LogP) is 2.50. The summed E-state index contributed by atoms with van der Waals surface area (Å²) in [6.45, 7) is 9.74. The maximum absolute atomic E-state index is 3.81. The Morgan fingerprint density at radius 1 is 1.12 bits per heavy atom. The zero-order valence-electron chi connectivity index (χ0n) is 11.0. The molecule has 0 spiro atoms. The number of nitrogens with zero attached hydrogens (tertiary/aromatic N) is 1. The van der Waals surface area contributed by atoms with Crippen molar-refractivity contribution >= 4 is 0 Å². The van der Waals surface area contributed by atoms with Crippen LogP contribution < -0.4 is 5.32 Å². The fourth-order valence-corrected chi connectivity index (χ4v) is 3.03. The molecule has 16 heavy (non-hydrogen) atoms. The van der Waals surface area contributed by atoms with Gasteiger partial charge in [-0.15, -0.1) is 0 Å². The third-order valence-electron chi connectivity index (χ3n) is 4.56. The van der Waals surface area contributed by atoms with Crippen molar-refractivity contribution in [1.29, 1.82) is 0 Å². The Morgan fingerprint density at radius 3 is 2.50 bits per heavy atom. The van der Waals surface area contributed by atoms with E-state index in [1.807, 2.05) is 0 Å². The van der Waals surface area contributed by atoms with Gasteiger partial charge in [0.05, 0.1) is 0 Å². The van der Waals surface area contributed by atoms with Gasteiger partial charge in [-0.25, -0.2) is 0 Å². The molecular weight excluding hydrogens is 196 g/mol. The second kappa shape index (κ2) is 6.02. The molecule has 1 aliphatic carbocycles. The highest BCUT2D eigenvalue weighted by molar-refractivity contribution is 4.84. The van der Waals surface area contributed by atoms with Crippen molar-refractivity contribution < 1.29 is 0 Å². The molecule has 1 saturated heterocycles. The molecule has 0 amide bonds. The topological polar surface area (TPSA) is 15.3 Å². The van der Waals surface area contributed by atoms with Gasteiger partial charge in [0.2, 0.25) is 0 Å². The van der Waals surface area contributed by atoms with Crippen LogP contribution in [0.25, 0.3) is 0 Å². The van der Waals surface area contributed by atoms with Crippen molar-refractivity contribution in [3.05, 3.63) is 0 Å². The Bertz CT molecular complexity index is 189. The quantitative estimate of drug-likeness (QED) is 0.772. The number of hydrogen-bond acceptors (Lipinski definition) is 2. The molecule has 0 aromatic heterocycles. The second-order valence-electron chi connectivity index (χ2n) is 5.76. The average molecular weight is 224 g/mol. The van der Waals surface area contributed by atoms with E-state index in [4.69, 9.17) is 0 Å². The lowest BCUT2D eigenvalue weighted by Crippen LogP contribution is -2.50. The van der Waals surface area contributed by atoms with Gasteiger partial charge in [-0.1, -0.05) is 26.7 Å². The monoisotopic (exact) mass is 224 g/mol. The van der Waals surface area contributed by atoms with E-state index in [2.05, 4.69) is 24.1 Å². The van der Waals surface area contributed by atoms with Gasteiger partial charge in [-0.05, 0) is 44.2 Å². The molecule has 2 atom stereocenters. The van der Waals surface area contributed by atoms with Gasteiger partial charge in [-0.2, -0.15) is 0 Å². The Balaban J connectivity index is 1.73. The zero-order chi connectivity index (χ0) is 11.4. The molecule has 1 heterocycles. The number of rotatable bonds is 5. The van der Waals surface area contributed by atoms with Crippen molar-refractivity contribution in [1.82, 2.24) is 10.2 Å². The highest BCUT2D eigenvalue weighted by Gasteiger charge is 2.26. The molecule has 0 aromatic rings. The van der Waals surface area contributed by atoms with Gasteiger partial charge in [0, 0.05) is 19.1 Å². The van der Waals surface area contributed by atoms with Crippen molar-refractivity contribution in [2.75, 3.05) is 26.2 Å². The van der Waals surface area contributed by atoms with Crippen molar-refractivity contribution in [3.63, 3.8) is 0 Å². The molecule has 2 aliphatic rings. The van der Waals surface area contributed by atoms with Crippen LogP contribution in [0.1, 0.15) is 46.0 Å². The second-order valence-corrected chi connectivity index (χ2v) is 5.76. The molecular formula is C14H28N2. The lowest BCUT2D eigenvalue weighted by atomic mass is 9.85. The van der Waals surface area contributed by atoms with Crippen LogP contribution in [0.3, 0.4) is 0 Å². The lowest BCUT2D eigenvalue weighted by Gasteiger charge is -2.38. The van der Waals surface area contributed by atoms with Crippen molar-refractivity contribution in [2.24, 2.45) is 11.8 Å². The molecule has 2 rings (SSSR count). The van der Waals surface area contributed by atoms with E-state index < -0.39 is 0 Å². The molecule has 0 aromatic carbocycles. The third-order valence-corrected chi connectivity index (χ3v) is 4.56. The van der Waals surface area contributed by atoms with E-state index in [9.17, 15) is 0 Å². The highest BCUT2D eigenvalue weighted by atomic mass is 15.2. The normalized spacial score (nSPS) is 32.6. The molecule has 0 bridgehead atoms. The van der Waals surface area contributed by atoms with Gasteiger partial charge in [-0.3, -0.25) is 0 Å². The Kier molecular flexibility index (Phi) is 4.66. The molecule has 2 heteroatoms. The fourth-order valence-electron chi connectivity index (χ4n) is 3.03. The van der Waals surface area contributed by atoms with Crippen LogP contribution >= 0.6 is 0 Å². The SMILES string of the molecule is CCC1CC(NCC2CCC2)CN(CC)C1. The predicted molar refractivity (Wildman–Crippen MR) is 69.6 cm³/mol. The molecule has 2 nitrogen and oxygen atoms in total. The van der Waals surface area contributed by atoms with Crippen LogP contribution in [-0.4, -0.2) is 37.1 Å². The molecule has 0 radical (unpaired) electrons. The van der Waals surface area contributed by atoms with Gasteiger partial charge in [0.1, 0.15) is 0 Å². The number of hydrogen-bond donors (Lipinski definition) is 1. The molecule has 94 valence electrons. The van der Waals surface area contributed by atoms with E-state index in [0.717, 1.165) is 17.9 Å². The summed E-state index contributed by atoms with van der Waals surface area (Å²) in [6, 6.07) is 0.763. The highest BCUT2D eigenvalue weighted by Crippen LogP contribution is 2.26. The lowest BCUT2D eigenvalue weighted by molar-refractivity contribution is 0.138. The summed E-state index contributed by atoms with van der Waals surface area (Å²) in [4.78, 5) is 2.62. The van der Waals surface area contributed by atoms with Crippen LogP contribution in [0.4, 0.5) is 0 Å². The van der Waals surface area contributed by atoms with E-state index in [-0.39, 0.29) is 0 Å². The maximum atomic E-state index is 3.81. The number of likely N-dealkylation sites (N-methyl/N-ethyl adjacent to an activating group) is 1. The average Bonchev–Trinajstić information content (AvgIpc) is 2.26. The first-order chi connectivity index (χ1) is 7.81. The smallest absolute Gasteiger partial charge is 0.0198 e. The van der Waals surface area contributed by atoms with Gasteiger partial charge < -0.3 is 10.2 Å². The molecule has 1 saturated carbocycles. The van der Waals surface area contributed by atoms with Crippen LogP contribution in [0, 0.1) is 11.8 Å². The van der Waals surface area contributed by atoms with Crippen LogP contribution in [-0.2, 0) is 0 Å². The minimum Gasteiger partial charge on any atom is -0.312 e. The number of nitrogens with one attached hydrogen (secondary N) is 1. The van der Waals surface area contributed by atoms with E-state index in [1.54, 1.807) is 0 Å². The van der Waals surface area contributed by atoms with E-state index in [1.165, 1.54) is 58.3 Å². The van der Waals surface area contributed by atoms with E-state index >= 15 is 0 Å². The first kappa shape index (κ1) is 12.4. The fraction of sp³-hybridized carbons (Fsp3) is 1.00. The van der Waals surface area contributed by atoms with Gasteiger partial charge >= 0.3 is 0 Å². The summed E-state index contributed by atoms with van der Waals surface area (Å²) < 4.78 is 0. The largest absolute Gasteiger partial charge is 0.312 e. The summed E-state index contributed by atoms with van der Waals surface area (Å²) in [7, 11) is 0. The zero-order valence-corrected chi connectivity index (χ0v) is 11.0.